The molecule has 10 heavy (non-hydrogen) atoms. The highest BCUT2D eigenvalue weighted by atomic mass is 79.9. The molecular formula is C7H8BrFMg. The molecule has 0 fully saturated rings. The van der Waals surface area contributed by atoms with Crippen LogP contribution in [0.4, 0.5) is 4.39 Å². The van der Waals surface area contributed by atoms with E-state index in [4.69, 9.17) is 0 Å². The molecule has 0 N–H and O–H groups in total. The van der Waals surface area contributed by atoms with Gasteiger partial charge in [0.1, 0.15) is 5.82 Å². The zero-order valence-electron chi connectivity index (χ0n) is 4.77. The first-order valence-corrected chi connectivity index (χ1v) is 3.75. The Labute approximate surface area is 84.1 Å². The maximum atomic E-state index is 12.2. The lowest BCUT2D eigenvalue weighted by Gasteiger charge is -1.91. The second-order valence-corrected chi connectivity index (χ2v) is 2.32. The summed E-state index contributed by atoms with van der Waals surface area (Å²) in [7, 11) is 0. The summed E-state index contributed by atoms with van der Waals surface area (Å²) in [5.41, 5.74) is 1.09. The molecule has 0 amide bonds. The lowest BCUT2D eigenvalue weighted by atomic mass is 10.2. The van der Waals surface area contributed by atoms with E-state index in [1.807, 2.05) is 0 Å². The van der Waals surface area contributed by atoms with Crippen molar-refractivity contribution in [1.29, 1.82) is 0 Å². The largest absolute Gasteiger partial charge is 0.316 e. The summed E-state index contributed by atoms with van der Waals surface area (Å²) in [5, 5.41) is 0.785. The van der Waals surface area contributed by atoms with Gasteiger partial charge in [-0.2, -0.15) is 0 Å². The number of alkyl halides is 1. The van der Waals surface area contributed by atoms with Crippen LogP contribution in [0.1, 0.15) is 5.56 Å². The van der Waals surface area contributed by atoms with Gasteiger partial charge in [-0.3, -0.25) is 0 Å². The van der Waals surface area contributed by atoms with Gasteiger partial charge in [0, 0.05) is 5.33 Å². The molecule has 1 aromatic rings. The van der Waals surface area contributed by atoms with E-state index in [9.17, 15) is 4.39 Å². The third kappa shape index (κ3) is 2.99. The highest BCUT2D eigenvalue weighted by Crippen LogP contribution is 2.05. The third-order valence-corrected chi connectivity index (χ3v) is 1.72. The van der Waals surface area contributed by atoms with Gasteiger partial charge in [-0.15, -0.1) is 0 Å². The molecule has 0 saturated heterocycles. The van der Waals surface area contributed by atoms with E-state index in [0.29, 0.717) is 0 Å². The molecule has 0 atom stereocenters. The lowest BCUT2D eigenvalue weighted by molar-refractivity contribution is 0.627. The summed E-state index contributed by atoms with van der Waals surface area (Å²) >= 11 is 3.26. The number of hydrogen-bond acceptors (Lipinski definition) is 0. The summed E-state index contributed by atoms with van der Waals surface area (Å²) in [6, 6.07) is 6.42. The zero-order chi connectivity index (χ0) is 6.69. The summed E-state index contributed by atoms with van der Waals surface area (Å²) in [5.74, 6) is -0.181. The highest BCUT2D eigenvalue weighted by molar-refractivity contribution is 9.08. The molecule has 0 aliphatic carbocycles. The molecular weight excluding hydrogens is 207 g/mol. The Balaban J connectivity index is 0.000000810. The van der Waals surface area contributed by atoms with E-state index in [0.717, 1.165) is 10.9 Å². The van der Waals surface area contributed by atoms with Crippen molar-refractivity contribution < 1.29 is 4.39 Å². The van der Waals surface area contributed by atoms with Crippen molar-refractivity contribution in [2.75, 3.05) is 0 Å². The van der Waals surface area contributed by atoms with E-state index < -0.39 is 0 Å². The smallest absolute Gasteiger partial charge is 0.207 e. The molecule has 0 aliphatic rings. The van der Waals surface area contributed by atoms with Gasteiger partial charge < -0.3 is 0 Å². The Morgan fingerprint density at radius 3 is 2.10 bits per heavy atom. The van der Waals surface area contributed by atoms with Crippen LogP contribution in [-0.2, 0) is 5.33 Å². The number of halogens is 2. The second-order valence-electron chi connectivity index (χ2n) is 1.76. The van der Waals surface area contributed by atoms with Gasteiger partial charge in [0.2, 0.25) is 0 Å². The van der Waals surface area contributed by atoms with Gasteiger partial charge in [0.25, 0.3) is 0 Å². The zero-order valence-corrected chi connectivity index (χ0v) is 6.36. The maximum Gasteiger partial charge on any atom is 0.316 e. The quantitative estimate of drug-likeness (QED) is 0.495. The molecule has 0 nitrogen and oxygen atoms in total. The van der Waals surface area contributed by atoms with E-state index in [2.05, 4.69) is 15.9 Å². The first-order valence-electron chi connectivity index (χ1n) is 2.63. The van der Waals surface area contributed by atoms with Crippen molar-refractivity contribution in [1.82, 2.24) is 0 Å². The minimum Gasteiger partial charge on any atom is -0.207 e. The Morgan fingerprint density at radius 2 is 1.70 bits per heavy atom. The minimum absolute atomic E-state index is 0. The van der Waals surface area contributed by atoms with E-state index >= 15 is 0 Å². The predicted molar refractivity (Wildman–Crippen MR) is 47.6 cm³/mol. The molecule has 0 bridgehead atoms. The predicted octanol–water partition coefficient (Wildman–Crippen LogP) is 1.80. The van der Waals surface area contributed by atoms with Crippen LogP contribution in [0.25, 0.3) is 0 Å². The van der Waals surface area contributed by atoms with Gasteiger partial charge >= 0.3 is 23.1 Å². The molecule has 52 valence electrons. The van der Waals surface area contributed by atoms with Crippen molar-refractivity contribution in [3.8, 4) is 0 Å². The molecule has 0 aliphatic heterocycles. The normalized spacial score (nSPS) is 8.60. The van der Waals surface area contributed by atoms with Crippen molar-refractivity contribution >= 4 is 39.0 Å². The maximum absolute atomic E-state index is 12.2. The Hall–Kier alpha value is 0.396. The van der Waals surface area contributed by atoms with E-state index in [1.165, 1.54) is 12.1 Å². The Bertz CT molecular complexity index is 185. The van der Waals surface area contributed by atoms with Crippen LogP contribution in [0.5, 0.6) is 0 Å². The number of rotatable bonds is 1. The van der Waals surface area contributed by atoms with Gasteiger partial charge in [0.05, 0.1) is 0 Å². The Morgan fingerprint density at radius 1 is 1.20 bits per heavy atom. The van der Waals surface area contributed by atoms with E-state index in [1.54, 1.807) is 12.1 Å². The molecule has 0 unspecified atom stereocenters. The molecule has 0 saturated carbocycles. The van der Waals surface area contributed by atoms with Crippen LogP contribution in [0.2, 0.25) is 0 Å². The van der Waals surface area contributed by atoms with Crippen LogP contribution < -0.4 is 0 Å². The van der Waals surface area contributed by atoms with Gasteiger partial charge in [-0.25, -0.2) is 4.39 Å². The standard InChI is InChI=1S/C7H6BrF.Mg.2H/c8-5-6-1-3-7(9)4-2-6;;;/h1-4H,5H2;;;. The average Bonchev–Trinajstić information content (AvgIpc) is 1.90. The second kappa shape index (κ2) is 5.10. The van der Waals surface area contributed by atoms with Crippen molar-refractivity contribution in [2.24, 2.45) is 0 Å². The molecule has 3 heteroatoms. The summed E-state index contributed by atoms with van der Waals surface area (Å²) in [6.45, 7) is 0. The van der Waals surface area contributed by atoms with Gasteiger partial charge in [0.15, 0.2) is 0 Å². The van der Waals surface area contributed by atoms with Crippen LogP contribution in [0, 0.1) is 5.82 Å². The first kappa shape index (κ1) is 10.4. The van der Waals surface area contributed by atoms with Crippen LogP contribution in [0.3, 0.4) is 0 Å². The van der Waals surface area contributed by atoms with E-state index in [-0.39, 0.29) is 28.9 Å². The minimum atomic E-state index is -0.181. The van der Waals surface area contributed by atoms with Crippen molar-refractivity contribution in [3.63, 3.8) is 0 Å². The fourth-order valence-corrected chi connectivity index (χ4v) is 0.947. The average molecular weight is 215 g/mol. The van der Waals surface area contributed by atoms with Crippen molar-refractivity contribution in [3.05, 3.63) is 35.6 Å². The molecule has 0 aromatic heterocycles. The fraction of sp³-hybridized carbons (Fsp3) is 0.143. The van der Waals surface area contributed by atoms with Gasteiger partial charge in [-0.05, 0) is 17.7 Å². The summed E-state index contributed by atoms with van der Waals surface area (Å²) in [4.78, 5) is 0. The molecule has 1 aromatic carbocycles. The molecule has 0 heterocycles. The summed E-state index contributed by atoms with van der Waals surface area (Å²) < 4.78 is 12.2. The fourth-order valence-electron chi connectivity index (χ4n) is 0.573. The monoisotopic (exact) mass is 214 g/mol. The van der Waals surface area contributed by atoms with Gasteiger partial charge in [-0.1, -0.05) is 28.1 Å². The number of hydrogen-bond donors (Lipinski definition) is 0. The van der Waals surface area contributed by atoms with Crippen LogP contribution >= 0.6 is 15.9 Å². The molecule has 1 rings (SSSR count). The topological polar surface area (TPSA) is 0 Å². The first-order chi connectivity index (χ1) is 4.33. The molecule has 0 spiro atoms. The van der Waals surface area contributed by atoms with Crippen molar-refractivity contribution in [2.45, 2.75) is 5.33 Å². The van der Waals surface area contributed by atoms with Crippen LogP contribution in [0.15, 0.2) is 24.3 Å². The summed E-state index contributed by atoms with van der Waals surface area (Å²) in [6.07, 6.45) is 0. The van der Waals surface area contributed by atoms with Crippen LogP contribution in [-0.4, -0.2) is 23.1 Å². The number of benzene rings is 1. The Kier molecular flexibility index (Phi) is 5.30. The SMILES string of the molecule is Fc1ccc(CBr)cc1.[MgH2]. The lowest BCUT2D eigenvalue weighted by Crippen LogP contribution is -1.76. The highest BCUT2D eigenvalue weighted by Gasteiger charge is 1.88. The molecule has 0 radical (unpaired) electrons. The third-order valence-electron chi connectivity index (χ3n) is 1.07.